The van der Waals surface area contributed by atoms with Crippen LogP contribution in [-0.2, 0) is 4.79 Å². The minimum absolute atomic E-state index is 0.227. The van der Waals surface area contributed by atoms with Gasteiger partial charge in [0.25, 0.3) is 0 Å². The molecule has 1 aliphatic heterocycles. The van der Waals surface area contributed by atoms with Crippen molar-refractivity contribution in [3.05, 3.63) is 0 Å². The summed E-state index contributed by atoms with van der Waals surface area (Å²) in [5, 5.41) is 3.77. The molecule has 0 spiro atoms. The molecule has 1 unspecified atom stereocenters. The van der Waals surface area contributed by atoms with Crippen molar-refractivity contribution in [2.24, 2.45) is 0 Å². The van der Waals surface area contributed by atoms with E-state index in [1.165, 1.54) is 25.0 Å². The zero-order valence-electron chi connectivity index (χ0n) is 9.46. The van der Waals surface area contributed by atoms with Crippen molar-refractivity contribution in [1.29, 1.82) is 0 Å². The summed E-state index contributed by atoms with van der Waals surface area (Å²) in [5.74, 6) is 1.54. The number of amides is 1. The van der Waals surface area contributed by atoms with Gasteiger partial charge in [0.2, 0.25) is 5.91 Å². The summed E-state index contributed by atoms with van der Waals surface area (Å²) in [7, 11) is 4.03. The van der Waals surface area contributed by atoms with E-state index < -0.39 is 0 Å². The van der Waals surface area contributed by atoms with E-state index in [1.807, 2.05) is 21.6 Å². The van der Waals surface area contributed by atoms with E-state index in [0.29, 0.717) is 6.42 Å². The fourth-order valence-corrected chi connectivity index (χ4v) is 4.60. The molecule has 15 heavy (non-hydrogen) atoms. The van der Waals surface area contributed by atoms with Crippen LogP contribution >= 0.6 is 21.6 Å². The molecule has 0 radical (unpaired) electrons. The standard InChI is InChI=1S/C11H21NOS2/c1-2-8-12-11(13)6-4-3-5-10-7-9-14-15-10/h10H,2-9H2,1H3,(H,12,13). The molecule has 1 N–H and O–H groups in total. The third kappa shape index (κ3) is 6.36. The summed E-state index contributed by atoms with van der Waals surface area (Å²) in [6.07, 6.45) is 6.65. The van der Waals surface area contributed by atoms with Gasteiger partial charge < -0.3 is 5.32 Å². The Morgan fingerprint density at radius 1 is 1.47 bits per heavy atom. The van der Waals surface area contributed by atoms with Gasteiger partial charge in [-0.25, -0.2) is 0 Å². The van der Waals surface area contributed by atoms with Crippen LogP contribution in [0.4, 0.5) is 0 Å². The fraction of sp³-hybridized carbons (Fsp3) is 0.909. The van der Waals surface area contributed by atoms with E-state index in [0.717, 1.165) is 24.6 Å². The number of hydrogen-bond acceptors (Lipinski definition) is 3. The first kappa shape index (κ1) is 13.2. The van der Waals surface area contributed by atoms with Crippen molar-refractivity contribution in [2.75, 3.05) is 12.3 Å². The number of hydrogen-bond donors (Lipinski definition) is 1. The van der Waals surface area contributed by atoms with Crippen molar-refractivity contribution in [2.45, 2.75) is 50.7 Å². The Bertz CT molecular complexity index is 181. The van der Waals surface area contributed by atoms with E-state index in [-0.39, 0.29) is 5.91 Å². The Morgan fingerprint density at radius 3 is 3.00 bits per heavy atom. The highest BCUT2D eigenvalue weighted by atomic mass is 33.1. The predicted molar refractivity (Wildman–Crippen MR) is 70.2 cm³/mol. The highest BCUT2D eigenvalue weighted by Gasteiger charge is 2.15. The molecule has 0 aromatic rings. The molecule has 0 aromatic carbocycles. The van der Waals surface area contributed by atoms with Crippen LogP contribution in [0.15, 0.2) is 0 Å². The first-order chi connectivity index (χ1) is 7.33. The van der Waals surface area contributed by atoms with Crippen molar-refractivity contribution in [3.8, 4) is 0 Å². The lowest BCUT2D eigenvalue weighted by Crippen LogP contribution is -2.23. The van der Waals surface area contributed by atoms with Crippen LogP contribution in [0.5, 0.6) is 0 Å². The molecule has 1 heterocycles. The van der Waals surface area contributed by atoms with Crippen LogP contribution in [0.25, 0.3) is 0 Å². The lowest BCUT2D eigenvalue weighted by atomic mass is 10.1. The summed E-state index contributed by atoms with van der Waals surface area (Å²) in [6, 6.07) is 0. The molecular weight excluding hydrogens is 226 g/mol. The van der Waals surface area contributed by atoms with Crippen LogP contribution in [0, 0.1) is 0 Å². The summed E-state index contributed by atoms with van der Waals surface area (Å²) in [4.78, 5) is 11.3. The molecule has 1 rings (SSSR count). The minimum atomic E-state index is 0.227. The van der Waals surface area contributed by atoms with Gasteiger partial charge in [-0.15, -0.1) is 0 Å². The third-order valence-corrected chi connectivity index (χ3v) is 5.49. The molecule has 0 aliphatic carbocycles. The summed E-state index contributed by atoms with van der Waals surface area (Å²) < 4.78 is 0. The first-order valence-electron chi connectivity index (χ1n) is 5.88. The summed E-state index contributed by atoms with van der Waals surface area (Å²) in [5.41, 5.74) is 0. The first-order valence-corrected chi connectivity index (χ1v) is 8.26. The lowest BCUT2D eigenvalue weighted by Gasteiger charge is -2.06. The number of rotatable bonds is 7. The monoisotopic (exact) mass is 247 g/mol. The zero-order chi connectivity index (χ0) is 10.9. The van der Waals surface area contributed by atoms with Crippen LogP contribution in [0.3, 0.4) is 0 Å². The Kier molecular flexibility index (Phi) is 7.36. The third-order valence-electron chi connectivity index (χ3n) is 2.48. The minimum Gasteiger partial charge on any atom is -0.356 e. The Hall–Kier alpha value is 0.170. The van der Waals surface area contributed by atoms with Crippen molar-refractivity contribution >= 4 is 27.5 Å². The molecule has 1 saturated heterocycles. The summed E-state index contributed by atoms with van der Waals surface area (Å²) >= 11 is 0. The maximum Gasteiger partial charge on any atom is 0.219 e. The summed E-state index contributed by atoms with van der Waals surface area (Å²) in [6.45, 7) is 2.91. The topological polar surface area (TPSA) is 29.1 Å². The molecule has 1 aliphatic rings. The van der Waals surface area contributed by atoms with Gasteiger partial charge in [0.05, 0.1) is 0 Å². The van der Waals surface area contributed by atoms with E-state index >= 15 is 0 Å². The average molecular weight is 247 g/mol. The number of carbonyl (C=O) groups excluding carboxylic acids is 1. The fourth-order valence-electron chi connectivity index (χ4n) is 1.57. The van der Waals surface area contributed by atoms with Crippen LogP contribution in [0.2, 0.25) is 0 Å². The largest absolute Gasteiger partial charge is 0.356 e. The van der Waals surface area contributed by atoms with Crippen molar-refractivity contribution < 1.29 is 4.79 Å². The molecule has 4 heteroatoms. The van der Waals surface area contributed by atoms with Gasteiger partial charge in [0, 0.05) is 24.0 Å². The van der Waals surface area contributed by atoms with E-state index in [4.69, 9.17) is 0 Å². The van der Waals surface area contributed by atoms with Crippen LogP contribution in [0.1, 0.15) is 45.4 Å². The smallest absolute Gasteiger partial charge is 0.219 e. The molecule has 2 nitrogen and oxygen atoms in total. The molecule has 1 fully saturated rings. The van der Waals surface area contributed by atoms with Gasteiger partial charge in [0.15, 0.2) is 0 Å². The van der Waals surface area contributed by atoms with Crippen LogP contribution in [-0.4, -0.2) is 23.5 Å². The molecule has 0 aromatic heterocycles. The Balaban J connectivity index is 1.89. The van der Waals surface area contributed by atoms with Gasteiger partial charge in [-0.05, 0) is 25.7 Å². The highest BCUT2D eigenvalue weighted by Crippen LogP contribution is 2.39. The molecule has 88 valence electrons. The van der Waals surface area contributed by atoms with Crippen LogP contribution < -0.4 is 5.32 Å². The maximum absolute atomic E-state index is 11.3. The molecule has 1 atom stereocenters. The SMILES string of the molecule is CCCNC(=O)CCCCC1CCSS1. The second kappa shape index (κ2) is 8.34. The molecule has 0 bridgehead atoms. The van der Waals surface area contributed by atoms with Gasteiger partial charge in [-0.2, -0.15) is 0 Å². The Morgan fingerprint density at radius 2 is 2.33 bits per heavy atom. The normalized spacial score (nSPS) is 20.5. The van der Waals surface area contributed by atoms with Gasteiger partial charge in [-0.3, -0.25) is 4.79 Å². The average Bonchev–Trinajstić information content (AvgIpc) is 2.74. The van der Waals surface area contributed by atoms with Crippen molar-refractivity contribution in [1.82, 2.24) is 5.32 Å². The van der Waals surface area contributed by atoms with Gasteiger partial charge in [-0.1, -0.05) is 34.9 Å². The van der Waals surface area contributed by atoms with E-state index in [1.54, 1.807) is 0 Å². The maximum atomic E-state index is 11.3. The van der Waals surface area contributed by atoms with Gasteiger partial charge in [0.1, 0.15) is 0 Å². The number of unbranched alkanes of at least 4 members (excludes halogenated alkanes) is 1. The quantitative estimate of drug-likeness (QED) is 0.553. The van der Waals surface area contributed by atoms with E-state index in [2.05, 4.69) is 12.2 Å². The van der Waals surface area contributed by atoms with Crippen molar-refractivity contribution in [3.63, 3.8) is 0 Å². The van der Waals surface area contributed by atoms with E-state index in [9.17, 15) is 4.79 Å². The lowest BCUT2D eigenvalue weighted by molar-refractivity contribution is -0.121. The predicted octanol–water partition coefficient (Wildman–Crippen LogP) is 3.23. The molecular formula is C11H21NOS2. The second-order valence-electron chi connectivity index (χ2n) is 3.92. The van der Waals surface area contributed by atoms with Gasteiger partial charge >= 0.3 is 0 Å². The number of carbonyl (C=O) groups is 1. The Labute approximate surface area is 101 Å². The number of nitrogens with one attached hydrogen (secondary N) is 1. The second-order valence-corrected chi connectivity index (χ2v) is 6.71. The zero-order valence-corrected chi connectivity index (χ0v) is 11.1. The molecule has 0 saturated carbocycles. The molecule has 1 amide bonds. The highest BCUT2D eigenvalue weighted by molar-refractivity contribution is 8.77.